The van der Waals surface area contributed by atoms with Crippen LogP contribution in [0.5, 0.6) is 0 Å². The lowest BCUT2D eigenvalue weighted by Gasteiger charge is -2.12. The molecule has 16 heavy (non-hydrogen) atoms. The van der Waals surface area contributed by atoms with Crippen LogP contribution in [0, 0.1) is 0 Å². The van der Waals surface area contributed by atoms with Gasteiger partial charge in [0.1, 0.15) is 6.33 Å². The van der Waals surface area contributed by atoms with Crippen LogP contribution in [0.15, 0.2) is 41.8 Å². The highest BCUT2D eigenvalue weighted by Crippen LogP contribution is 2.25. The monoisotopic (exact) mass is 297 g/mol. The Morgan fingerprint density at radius 3 is 2.75 bits per heavy atom. The number of aromatic amines is 1. The molecule has 1 aromatic carbocycles. The van der Waals surface area contributed by atoms with Crippen molar-refractivity contribution < 1.29 is 0 Å². The number of alkyl halides is 1. The third-order valence-corrected chi connectivity index (χ3v) is 4.09. The van der Waals surface area contributed by atoms with E-state index in [-0.39, 0.29) is 0 Å². The van der Waals surface area contributed by atoms with Crippen molar-refractivity contribution in [2.24, 2.45) is 0 Å². The predicted octanol–water partition coefficient (Wildman–Crippen LogP) is 3.08. The minimum atomic E-state index is 0.497. The van der Waals surface area contributed by atoms with E-state index in [4.69, 9.17) is 0 Å². The van der Waals surface area contributed by atoms with Gasteiger partial charge < -0.3 is 0 Å². The van der Waals surface area contributed by atoms with E-state index in [2.05, 4.69) is 55.4 Å². The maximum absolute atomic E-state index is 4.10. The van der Waals surface area contributed by atoms with Crippen LogP contribution in [0.25, 0.3) is 0 Å². The molecule has 0 spiro atoms. The van der Waals surface area contributed by atoms with Crippen molar-refractivity contribution >= 4 is 27.7 Å². The van der Waals surface area contributed by atoms with E-state index in [9.17, 15) is 0 Å². The lowest BCUT2D eigenvalue weighted by Crippen LogP contribution is -2.03. The van der Waals surface area contributed by atoms with Crippen molar-refractivity contribution in [3.8, 4) is 0 Å². The fourth-order valence-corrected chi connectivity index (χ4v) is 3.21. The molecule has 1 N–H and O–H groups in total. The molecule has 0 saturated carbocycles. The smallest absolute Gasteiger partial charge is 0.183 e. The normalized spacial score (nSPS) is 12.6. The number of nitrogens with one attached hydrogen (secondary N) is 1. The molecule has 0 amide bonds. The molecule has 2 rings (SSSR count). The molecule has 1 heterocycles. The first-order valence-electron chi connectivity index (χ1n) is 4.99. The molecule has 84 valence electrons. The first kappa shape index (κ1) is 11.7. The molecule has 3 nitrogen and oxygen atoms in total. The molecular weight excluding hydrogens is 286 g/mol. The zero-order chi connectivity index (χ0) is 11.2. The van der Waals surface area contributed by atoms with Gasteiger partial charge in [-0.15, -0.1) is 0 Å². The summed E-state index contributed by atoms with van der Waals surface area (Å²) in [5, 5.41) is 8.52. The zero-order valence-corrected chi connectivity index (χ0v) is 11.0. The van der Waals surface area contributed by atoms with Gasteiger partial charge in [-0.05, 0) is 5.56 Å². The summed E-state index contributed by atoms with van der Waals surface area (Å²) in [6.45, 7) is 0. The Kier molecular flexibility index (Phi) is 4.42. The Morgan fingerprint density at radius 1 is 1.31 bits per heavy atom. The van der Waals surface area contributed by atoms with Crippen LogP contribution in [0.3, 0.4) is 0 Å². The Morgan fingerprint density at radius 2 is 2.12 bits per heavy atom. The number of thioether (sulfide) groups is 1. The number of hydrogen-bond acceptors (Lipinski definition) is 3. The van der Waals surface area contributed by atoms with Crippen molar-refractivity contribution in [1.29, 1.82) is 0 Å². The number of hydrogen-bond donors (Lipinski definition) is 1. The first-order chi connectivity index (χ1) is 7.90. The van der Waals surface area contributed by atoms with Crippen LogP contribution in [0.2, 0.25) is 0 Å². The summed E-state index contributed by atoms with van der Waals surface area (Å²) < 4.78 is 0. The van der Waals surface area contributed by atoms with Gasteiger partial charge in [0.25, 0.3) is 0 Å². The van der Waals surface area contributed by atoms with E-state index >= 15 is 0 Å². The lowest BCUT2D eigenvalue weighted by atomic mass is 10.0. The van der Waals surface area contributed by atoms with E-state index in [1.165, 1.54) is 11.9 Å². The second-order valence-corrected chi connectivity index (χ2v) is 5.02. The largest absolute Gasteiger partial charge is 0.254 e. The quantitative estimate of drug-likeness (QED) is 0.681. The minimum absolute atomic E-state index is 0.497. The van der Waals surface area contributed by atoms with Crippen molar-refractivity contribution in [1.82, 2.24) is 15.2 Å². The topological polar surface area (TPSA) is 41.6 Å². The first-order valence-corrected chi connectivity index (χ1v) is 7.10. The van der Waals surface area contributed by atoms with Crippen LogP contribution in [0.1, 0.15) is 11.5 Å². The fourth-order valence-electron chi connectivity index (χ4n) is 1.40. The second kappa shape index (κ2) is 6.06. The number of halogens is 1. The third-order valence-electron chi connectivity index (χ3n) is 2.27. The van der Waals surface area contributed by atoms with E-state index < -0.39 is 0 Å². The fraction of sp³-hybridized carbons (Fsp3) is 0.273. The molecule has 0 radical (unpaired) electrons. The van der Waals surface area contributed by atoms with Gasteiger partial charge in [0, 0.05) is 17.0 Å². The van der Waals surface area contributed by atoms with Crippen LogP contribution in [-0.2, 0) is 0 Å². The predicted molar refractivity (Wildman–Crippen MR) is 70.1 cm³/mol. The van der Waals surface area contributed by atoms with Crippen LogP contribution >= 0.6 is 27.7 Å². The molecule has 0 bridgehead atoms. The van der Waals surface area contributed by atoms with Crippen molar-refractivity contribution in [2.75, 3.05) is 11.1 Å². The summed E-state index contributed by atoms with van der Waals surface area (Å²) in [6, 6.07) is 10.5. The summed E-state index contributed by atoms with van der Waals surface area (Å²) in [5.74, 6) is 1.49. The Labute approximate surface area is 107 Å². The maximum Gasteiger partial charge on any atom is 0.183 e. The summed E-state index contributed by atoms with van der Waals surface area (Å²) in [5.41, 5.74) is 1.35. The summed E-state index contributed by atoms with van der Waals surface area (Å²) in [6.07, 6.45) is 1.54. The molecule has 0 saturated heterocycles. The molecule has 0 aliphatic rings. The Hall–Kier alpha value is -0.810. The molecule has 1 atom stereocenters. The highest BCUT2D eigenvalue weighted by atomic mass is 79.9. The highest BCUT2D eigenvalue weighted by molar-refractivity contribution is 9.09. The molecule has 0 fully saturated rings. The summed E-state index contributed by atoms with van der Waals surface area (Å²) >= 11 is 5.25. The van der Waals surface area contributed by atoms with Gasteiger partial charge in [-0.2, -0.15) is 5.10 Å². The van der Waals surface area contributed by atoms with Gasteiger partial charge >= 0.3 is 0 Å². The van der Waals surface area contributed by atoms with Gasteiger partial charge in [0.15, 0.2) is 5.16 Å². The van der Waals surface area contributed by atoms with Gasteiger partial charge in [0.2, 0.25) is 0 Å². The Balaban J connectivity index is 1.96. The molecule has 1 unspecified atom stereocenters. The van der Waals surface area contributed by atoms with Gasteiger partial charge in [-0.1, -0.05) is 58.0 Å². The average molecular weight is 298 g/mol. The molecule has 0 aliphatic carbocycles. The third kappa shape index (κ3) is 3.09. The maximum atomic E-state index is 4.10. The molecule has 5 heteroatoms. The number of rotatable bonds is 5. The molecule has 1 aromatic heterocycles. The summed E-state index contributed by atoms with van der Waals surface area (Å²) in [7, 11) is 0. The SMILES string of the molecule is BrCC(CSc1ncn[nH]1)c1ccccc1. The average Bonchev–Trinajstić information content (AvgIpc) is 2.84. The van der Waals surface area contributed by atoms with Gasteiger partial charge in [-0.3, -0.25) is 5.10 Å². The molecular formula is C11H12BrN3S. The van der Waals surface area contributed by atoms with Crippen molar-refractivity contribution in [2.45, 2.75) is 11.1 Å². The Bertz CT molecular complexity index is 404. The van der Waals surface area contributed by atoms with E-state index in [1.807, 2.05) is 6.07 Å². The van der Waals surface area contributed by atoms with E-state index in [1.54, 1.807) is 11.8 Å². The van der Waals surface area contributed by atoms with Crippen LogP contribution in [-0.4, -0.2) is 26.3 Å². The number of aromatic nitrogens is 3. The van der Waals surface area contributed by atoms with Crippen LogP contribution in [0.4, 0.5) is 0 Å². The number of nitrogens with zero attached hydrogens (tertiary/aromatic N) is 2. The van der Waals surface area contributed by atoms with Crippen molar-refractivity contribution in [3.63, 3.8) is 0 Å². The van der Waals surface area contributed by atoms with E-state index in [0.29, 0.717) is 5.92 Å². The number of benzene rings is 1. The molecule has 2 aromatic rings. The standard InChI is InChI=1S/C11H12BrN3S/c12-6-10(9-4-2-1-3-5-9)7-16-11-13-8-14-15-11/h1-5,8,10H,6-7H2,(H,13,14,15). The summed E-state index contributed by atoms with van der Waals surface area (Å²) in [4.78, 5) is 4.10. The highest BCUT2D eigenvalue weighted by Gasteiger charge is 2.10. The lowest BCUT2D eigenvalue weighted by molar-refractivity contribution is 0.892. The van der Waals surface area contributed by atoms with Gasteiger partial charge in [0.05, 0.1) is 0 Å². The molecule has 0 aliphatic heterocycles. The van der Waals surface area contributed by atoms with Crippen molar-refractivity contribution in [3.05, 3.63) is 42.2 Å². The minimum Gasteiger partial charge on any atom is -0.254 e. The number of H-pyrrole nitrogens is 1. The van der Waals surface area contributed by atoms with Crippen LogP contribution < -0.4 is 0 Å². The van der Waals surface area contributed by atoms with E-state index in [0.717, 1.165) is 16.2 Å². The second-order valence-electron chi connectivity index (χ2n) is 3.36. The van der Waals surface area contributed by atoms with Gasteiger partial charge in [-0.25, -0.2) is 4.98 Å². The zero-order valence-electron chi connectivity index (χ0n) is 8.64.